The third kappa shape index (κ3) is 5.66. The molecule has 0 amide bonds. The van der Waals surface area contributed by atoms with Crippen molar-refractivity contribution in [2.75, 3.05) is 4.90 Å². The van der Waals surface area contributed by atoms with Crippen molar-refractivity contribution < 1.29 is 4.42 Å². The van der Waals surface area contributed by atoms with E-state index in [0.29, 0.717) is 23.6 Å². The number of para-hydroxylation sites is 2. The van der Waals surface area contributed by atoms with Crippen molar-refractivity contribution in [3.05, 3.63) is 187 Å². The lowest BCUT2D eigenvalue weighted by Gasteiger charge is -2.36. The molecule has 1 saturated carbocycles. The van der Waals surface area contributed by atoms with Crippen molar-refractivity contribution in [1.29, 1.82) is 0 Å². The Hall–Kier alpha value is -6.85. The molecular weight excluding hydrogens is 685 g/mol. The third-order valence-corrected chi connectivity index (χ3v) is 11.9. The Labute approximate surface area is 326 Å². The first-order valence-electron chi connectivity index (χ1n) is 19.6. The second-order valence-electron chi connectivity index (χ2n) is 15.1. The average molecular weight is 723 g/mol. The molecular formula is C51H38N4O. The minimum atomic E-state index is 0.206. The highest BCUT2D eigenvalue weighted by Gasteiger charge is 2.43. The Balaban J connectivity index is 0.953. The summed E-state index contributed by atoms with van der Waals surface area (Å²) in [7, 11) is 0. The highest BCUT2D eigenvalue weighted by Crippen LogP contribution is 2.53. The molecule has 3 atom stereocenters. The molecule has 1 fully saturated rings. The van der Waals surface area contributed by atoms with E-state index in [1.807, 2.05) is 18.2 Å². The largest absolute Gasteiger partial charge is 0.456 e. The van der Waals surface area contributed by atoms with E-state index in [1.165, 1.54) is 28.1 Å². The van der Waals surface area contributed by atoms with Gasteiger partial charge in [0.15, 0.2) is 11.6 Å². The number of rotatable bonds is 6. The SMILES string of the molecule is c1ccc(-c2cccc(-c3ccc4c(c3)oc3cc(-c5nc(-c6ccccc6)nc(C6CCC7C(C6)c6ccccc6N7c6ccccc6)n5)ccc34)c2)cc1. The molecule has 3 unspecified atom stereocenters. The zero-order chi connectivity index (χ0) is 37.0. The summed E-state index contributed by atoms with van der Waals surface area (Å²) in [4.78, 5) is 18.1. The molecule has 1 aliphatic carbocycles. The van der Waals surface area contributed by atoms with Gasteiger partial charge in [0.05, 0.1) is 0 Å². The molecule has 2 aliphatic rings. The highest BCUT2D eigenvalue weighted by atomic mass is 16.3. The number of fused-ring (bicyclic) bond motifs is 6. The molecule has 2 aromatic heterocycles. The predicted molar refractivity (Wildman–Crippen MR) is 227 cm³/mol. The standard InChI is InChI=1S/C51H38N4O/c1-4-13-33(14-5-1)35-17-12-18-36(29-35)37-23-26-42-43-27-24-39(32-48(43)56-47(42)31-37)51-53-49(34-15-6-2-7-16-34)52-50(54-51)38-25-28-46-44(30-38)41-21-10-11-22-45(41)55(46)40-19-8-3-9-20-40/h1-24,26-27,29,31-32,38,44,46H,25,28,30H2. The van der Waals surface area contributed by atoms with Crippen LogP contribution >= 0.6 is 0 Å². The van der Waals surface area contributed by atoms with E-state index >= 15 is 0 Å². The molecule has 0 bridgehead atoms. The molecule has 268 valence electrons. The van der Waals surface area contributed by atoms with Gasteiger partial charge in [0.25, 0.3) is 0 Å². The van der Waals surface area contributed by atoms with Gasteiger partial charge in [-0.25, -0.2) is 15.0 Å². The minimum Gasteiger partial charge on any atom is -0.456 e. The summed E-state index contributed by atoms with van der Waals surface area (Å²) < 4.78 is 6.60. The molecule has 7 aromatic carbocycles. The zero-order valence-corrected chi connectivity index (χ0v) is 30.8. The van der Waals surface area contributed by atoms with Gasteiger partial charge in [0.1, 0.15) is 17.0 Å². The van der Waals surface area contributed by atoms with Crippen LogP contribution in [-0.4, -0.2) is 21.0 Å². The van der Waals surface area contributed by atoms with Gasteiger partial charge >= 0.3 is 0 Å². The molecule has 5 heteroatoms. The van der Waals surface area contributed by atoms with E-state index < -0.39 is 0 Å². The quantitative estimate of drug-likeness (QED) is 0.171. The number of nitrogens with zero attached hydrogens (tertiary/aromatic N) is 4. The van der Waals surface area contributed by atoms with E-state index in [1.54, 1.807) is 0 Å². The topological polar surface area (TPSA) is 55.1 Å². The van der Waals surface area contributed by atoms with E-state index in [-0.39, 0.29) is 5.92 Å². The number of benzene rings is 7. The summed E-state index contributed by atoms with van der Waals surface area (Å²) in [6.45, 7) is 0. The average Bonchev–Trinajstić information content (AvgIpc) is 3.81. The molecule has 0 N–H and O–H groups in total. The van der Waals surface area contributed by atoms with Gasteiger partial charge in [-0.3, -0.25) is 0 Å². The fourth-order valence-electron chi connectivity index (χ4n) is 9.18. The van der Waals surface area contributed by atoms with Crippen LogP contribution in [0.25, 0.3) is 67.0 Å². The summed E-state index contributed by atoms with van der Waals surface area (Å²) in [5, 5.41) is 2.17. The van der Waals surface area contributed by atoms with Crippen molar-refractivity contribution >= 4 is 33.3 Å². The van der Waals surface area contributed by atoms with Crippen molar-refractivity contribution in [1.82, 2.24) is 15.0 Å². The highest BCUT2D eigenvalue weighted by molar-refractivity contribution is 6.06. The van der Waals surface area contributed by atoms with E-state index in [4.69, 9.17) is 19.4 Å². The van der Waals surface area contributed by atoms with E-state index in [9.17, 15) is 0 Å². The normalized spacial score (nSPS) is 17.6. The number of hydrogen-bond acceptors (Lipinski definition) is 5. The number of hydrogen-bond donors (Lipinski definition) is 0. The first-order chi connectivity index (χ1) is 27.7. The molecule has 0 saturated heterocycles. The molecule has 11 rings (SSSR count). The van der Waals surface area contributed by atoms with Crippen molar-refractivity contribution in [2.45, 2.75) is 37.1 Å². The second-order valence-corrected chi connectivity index (χ2v) is 15.1. The van der Waals surface area contributed by atoms with Crippen LogP contribution in [0.3, 0.4) is 0 Å². The van der Waals surface area contributed by atoms with Crippen LogP contribution in [0.5, 0.6) is 0 Å². The summed E-state index contributed by atoms with van der Waals surface area (Å²) in [5.41, 5.74) is 12.3. The maximum Gasteiger partial charge on any atom is 0.163 e. The van der Waals surface area contributed by atoms with Crippen molar-refractivity contribution in [3.8, 4) is 45.0 Å². The molecule has 3 heterocycles. The van der Waals surface area contributed by atoms with Crippen LogP contribution < -0.4 is 4.90 Å². The number of anilines is 2. The molecule has 5 nitrogen and oxygen atoms in total. The monoisotopic (exact) mass is 722 g/mol. The van der Waals surface area contributed by atoms with Gasteiger partial charge in [-0.05, 0) is 95.6 Å². The minimum absolute atomic E-state index is 0.206. The first-order valence-corrected chi connectivity index (χ1v) is 19.6. The van der Waals surface area contributed by atoms with Crippen LogP contribution in [0, 0.1) is 0 Å². The first kappa shape index (κ1) is 32.6. The molecule has 1 aliphatic heterocycles. The maximum atomic E-state index is 6.60. The lowest BCUT2D eigenvalue weighted by atomic mass is 9.76. The summed E-state index contributed by atoms with van der Waals surface area (Å²) in [6, 6.07) is 62.6. The number of furan rings is 1. The van der Waals surface area contributed by atoms with Crippen LogP contribution in [-0.2, 0) is 0 Å². The van der Waals surface area contributed by atoms with Crippen molar-refractivity contribution in [2.24, 2.45) is 0 Å². The molecule has 0 radical (unpaired) electrons. The second kappa shape index (κ2) is 13.5. The van der Waals surface area contributed by atoms with Gasteiger partial charge in [0.2, 0.25) is 0 Å². The van der Waals surface area contributed by atoms with Gasteiger partial charge in [-0.15, -0.1) is 0 Å². The van der Waals surface area contributed by atoms with Crippen LogP contribution in [0.1, 0.15) is 42.5 Å². The Kier molecular flexibility index (Phi) is 7.83. The van der Waals surface area contributed by atoms with Crippen LogP contribution in [0.4, 0.5) is 11.4 Å². The number of aromatic nitrogens is 3. The van der Waals surface area contributed by atoms with Crippen LogP contribution in [0.15, 0.2) is 180 Å². The van der Waals surface area contributed by atoms with Crippen LogP contribution in [0.2, 0.25) is 0 Å². The van der Waals surface area contributed by atoms with Gasteiger partial charge in [0, 0.05) is 51.2 Å². The maximum absolute atomic E-state index is 6.60. The zero-order valence-electron chi connectivity index (χ0n) is 30.8. The summed E-state index contributed by atoms with van der Waals surface area (Å²) in [5.74, 6) is 2.85. The Bertz CT molecular complexity index is 2870. The summed E-state index contributed by atoms with van der Waals surface area (Å²) >= 11 is 0. The molecule has 0 spiro atoms. The Morgan fingerprint density at radius 2 is 1.04 bits per heavy atom. The van der Waals surface area contributed by atoms with E-state index in [2.05, 4.69) is 163 Å². The van der Waals surface area contributed by atoms with Crippen molar-refractivity contribution in [3.63, 3.8) is 0 Å². The Morgan fingerprint density at radius 3 is 1.79 bits per heavy atom. The predicted octanol–water partition coefficient (Wildman–Crippen LogP) is 13.0. The van der Waals surface area contributed by atoms with E-state index in [0.717, 1.165) is 69.3 Å². The lowest BCUT2D eigenvalue weighted by Crippen LogP contribution is -2.34. The van der Waals surface area contributed by atoms with Gasteiger partial charge in [-0.1, -0.05) is 127 Å². The lowest BCUT2D eigenvalue weighted by molar-refractivity contribution is 0.352. The molecule has 9 aromatic rings. The van der Waals surface area contributed by atoms with Gasteiger partial charge in [-0.2, -0.15) is 0 Å². The smallest absolute Gasteiger partial charge is 0.163 e. The Morgan fingerprint density at radius 1 is 0.464 bits per heavy atom. The van der Waals surface area contributed by atoms with Gasteiger partial charge < -0.3 is 9.32 Å². The fourth-order valence-corrected chi connectivity index (χ4v) is 9.18. The third-order valence-electron chi connectivity index (χ3n) is 11.9. The summed E-state index contributed by atoms with van der Waals surface area (Å²) in [6.07, 6.45) is 3.06. The fraction of sp³-hybridized carbons (Fsp3) is 0.118. The molecule has 56 heavy (non-hydrogen) atoms.